The van der Waals surface area contributed by atoms with Gasteiger partial charge in [-0.25, -0.2) is 8.42 Å². The summed E-state index contributed by atoms with van der Waals surface area (Å²) in [6, 6.07) is 14.1. The van der Waals surface area contributed by atoms with Crippen molar-refractivity contribution >= 4 is 21.6 Å². The quantitative estimate of drug-likeness (QED) is 0.786. The lowest BCUT2D eigenvalue weighted by atomic mass is 10.1. The van der Waals surface area contributed by atoms with Crippen molar-refractivity contribution in [3.8, 4) is 0 Å². The van der Waals surface area contributed by atoms with Crippen LogP contribution in [0.15, 0.2) is 48.5 Å². The Balaban J connectivity index is 2.36. The summed E-state index contributed by atoms with van der Waals surface area (Å²) in [5.41, 5.74) is 3.39. The number of anilines is 1. The molecule has 2 aromatic rings. The van der Waals surface area contributed by atoms with Crippen molar-refractivity contribution in [2.45, 2.75) is 46.2 Å². The summed E-state index contributed by atoms with van der Waals surface area (Å²) in [6.07, 6.45) is 1.51. The van der Waals surface area contributed by atoms with Gasteiger partial charge in [-0.3, -0.25) is 9.10 Å². The molecule has 0 saturated carbocycles. The van der Waals surface area contributed by atoms with E-state index < -0.39 is 16.1 Å². The van der Waals surface area contributed by atoms with Gasteiger partial charge in [0, 0.05) is 0 Å². The lowest BCUT2D eigenvalue weighted by Gasteiger charge is -2.31. The summed E-state index contributed by atoms with van der Waals surface area (Å²) < 4.78 is 26.4. The first-order valence-corrected chi connectivity index (χ1v) is 10.9. The molecule has 0 radical (unpaired) electrons. The molecule has 2 aromatic carbocycles. The maximum atomic E-state index is 13.0. The third kappa shape index (κ3) is 5.32. The number of hydrogen-bond donors (Lipinski definition) is 1. The van der Waals surface area contributed by atoms with Crippen molar-refractivity contribution in [1.82, 2.24) is 5.32 Å². The zero-order valence-corrected chi connectivity index (χ0v) is 17.4. The Bertz CT molecular complexity index is 875. The van der Waals surface area contributed by atoms with E-state index in [4.69, 9.17) is 0 Å². The molecule has 1 unspecified atom stereocenters. The average molecular weight is 389 g/mol. The first-order valence-electron chi connectivity index (χ1n) is 9.06. The third-order valence-electron chi connectivity index (χ3n) is 4.45. The fourth-order valence-corrected chi connectivity index (χ4v) is 4.47. The van der Waals surface area contributed by atoms with Crippen molar-refractivity contribution in [1.29, 1.82) is 0 Å². The molecule has 0 saturated heterocycles. The van der Waals surface area contributed by atoms with Gasteiger partial charge in [-0.1, -0.05) is 43.3 Å². The molecule has 0 aliphatic heterocycles. The minimum absolute atomic E-state index is 0.214. The van der Waals surface area contributed by atoms with E-state index in [1.807, 2.05) is 64.1 Å². The minimum atomic E-state index is -3.64. The molecular formula is C21H28N2O3S. The summed E-state index contributed by atoms with van der Waals surface area (Å²) in [4.78, 5) is 13.0. The predicted molar refractivity (Wildman–Crippen MR) is 110 cm³/mol. The van der Waals surface area contributed by atoms with Gasteiger partial charge in [-0.2, -0.15) is 0 Å². The van der Waals surface area contributed by atoms with E-state index in [-0.39, 0.29) is 11.9 Å². The second-order valence-electron chi connectivity index (χ2n) is 6.97. The SMILES string of the molecule is CCC(C(=O)N[C@H](C)c1ccccc1)N(c1cc(C)cc(C)c1)S(C)(=O)=O. The van der Waals surface area contributed by atoms with Gasteiger partial charge >= 0.3 is 0 Å². The molecule has 0 bridgehead atoms. The number of benzene rings is 2. The van der Waals surface area contributed by atoms with Gasteiger partial charge in [0.1, 0.15) is 6.04 Å². The number of sulfonamides is 1. The third-order valence-corrected chi connectivity index (χ3v) is 5.63. The van der Waals surface area contributed by atoms with Crippen LogP contribution in [0.25, 0.3) is 0 Å². The van der Waals surface area contributed by atoms with Crippen molar-refractivity contribution in [3.63, 3.8) is 0 Å². The van der Waals surface area contributed by atoms with Gasteiger partial charge in [0.2, 0.25) is 15.9 Å². The number of amides is 1. The Labute approximate surface area is 162 Å². The highest BCUT2D eigenvalue weighted by Crippen LogP contribution is 2.25. The lowest BCUT2D eigenvalue weighted by Crippen LogP contribution is -2.49. The summed E-state index contributed by atoms with van der Waals surface area (Å²) in [6.45, 7) is 7.53. The van der Waals surface area contributed by atoms with Crippen molar-refractivity contribution < 1.29 is 13.2 Å². The molecule has 27 heavy (non-hydrogen) atoms. The molecule has 0 heterocycles. The van der Waals surface area contributed by atoms with Gasteiger partial charge in [0.15, 0.2) is 0 Å². The molecule has 2 rings (SSSR count). The number of aryl methyl sites for hydroxylation is 2. The number of hydrogen-bond acceptors (Lipinski definition) is 3. The molecule has 0 aromatic heterocycles. The molecular weight excluding hydrogens is 360 g/mol. The highest BCUT2D eigenvalue weighted by atomic mass is 32.2. The maximum absolute atomic E-state index is 13.0. The summed E-state index contributed by atoms with van der Waals surface area (Å²) in [5.74, 6) is -0.307. The molecule has 0 spiro atoms. The summed E-state index contributed by atoms with van der Waals surface area (Å²) in [5, 5.41) is 2.95. The number of nitrogens with zero attached hydrogens (tertiary/aromatic N) is 1. The highest BCUT2D eigenvalue weighted by Gasteiger charge is 2.32. The van der Waals surface area contributed by atoms with Gasteiger partial charge < -0.3 is 5.32 Å². The van der Waals surface area contributed by atoms with E-state index in [0.717, 1.165) is 22.9 Å². The second-order valence-corrected chi connectivity index (χ2v) is 8.83. The van der Waals surface area contributed by atoms with Gasteiger partial charge in [-0.15, -0.1) is 0 Å². The Morgan fingerprint density at radius 1 is 1.07 bits per heavy atom. The Kier molecular flexibility index (Phi) is 6.65. The van der Waals surface area contributed by atoms with Crippen LogP contribution in [-0.2, 0) is 14.8 Å². The van der Waals surface area contributed by atoms with Crippen molar-refractivity contribution in [2.24, 2.45) is 0 Å². The van der Waals surface area contributed by atoms with Crippen LogP contribution in [0.1, 0.15) is 43.0 Å². The Hall–Kier alpha value is -2.34. The average Bonchev–Trinajstić information content (AvgIpc) is 2.58. The van der Waals surface area contributed by atoms with E-state index in [2.05, 4.69) is 5.32 Å². The molecule has 0 aliphatic rings. The first kappa shape index (κ1) is 21.0. The van der Waals surface area contributed by atoms with E-state index >= 15 is 0 Å². The van der Waals surface area contributed by atoms with Crippen LogP contribution in [-0.4, -0.2) is 26.6 Å². The van der Waals surface area contributed by atoms with Crippen LogP contribution in [0, 0.1) is 13.8 Å². The second kappa shape index (κ2) is 8.57. The smallest absolute Gasteiger partial charge is 0.244 e. The first-order chi connectivity index (χ1) is 12.6. The largest absolute Gasteiger partial charge is 0.348 e. The molecule has 6 heteroatoms. The number of nitrogens with one attached hydrogen (secondary N) is 1. The van der Waals surface area contributed by atoms with Crippen LogP contribution in [0.3, 0.4) is 0 Å². The monoisotopic (exact) mass is 388 g/mol. The Morgan fingerprint density at radius 3 is 2.11 bits per heavy atom. The highest BCUT2D eigenvalue weighted by molar-refractivity contribution is 7.92. The standard InChI is InChI=1S/C21H28N2O3S/c1-6-20(21(24)22-17(4)18-10-8-7-9-11-18)23(27(5,25)26)19-13-15(2)12-16(3)14-19/h7-14,17,20H,6H2,1-5H3,(H,22,24)/t17-,20?/m1/s1. The van der Waals surface area contributed by atoms with Crippen LogP contribution < -0.4 is 9.62 Å². The van der Waals surface area contributed by atoms with Crippen LogP contribution >= 0.6 is 0 Å². The van der Waals surface area contributed by atoms with Gasteiger partial charge in [0.05, 0.1) is 18.0 Å². The fraction of sp³-hybridized carbons (Fsp3) is 0.381. The predicted octanol–water partition coefficient (Wildman–Crippen LogP) is 3.73. The molecule has 0 aliphatic carbocycles. The van der Waals surface area contributed by atoms with E-state index in [9.17, 15) is 13.2 Å². The maximum Gasteiger partial charge on any atom is 0.244 e. The number of carbonyl (C=O) groups is 1. The van der Waals surface area contributed by atoms with Gasteiger partial charge in [0.25, 0.3) is 0 Å². The topological polar surface area (TPSA) is 66.5 Å². The zero-order chi connectivity index (χ0) is 20.2. The molecule has 0 fully saturated rings. The fourth-order valence-electron chi connectivity index (χ4n) is 3.27. The van der Waals surface area contributed by atoms with Crippen LogP contribution in [0.2, 0.25) is 0 Å². The molecule has 5 nitrogen and oxygen atoms in total. The lowest BCUT2D eigenvalue weighted by molar-refractivity contribution is -0.122. The molecule has 146 valence electrons. The molecule has 1 N–H and O–H groups in total. The summed E-state index contributed by atoms with van der Waals surface area (Å²) in [7, 11) is -3.64. The van der Waals surface area contributed by atoms with E-state index in [1.165, 1.54) is 4.31 Å². The van der Waals surface area contributed by atoms with Crippen molar-refractivity contribution in [3.05, 3.63) is 65.2 Å². The number of carbonyl (C=O) groups excluding carboxylic acids is 1. The normalized spacial score (nSPS) is 13.7. The van der Waals surface area contributed by atoms with Gasteiger partial charge in [-0.05, 0) is 56.0 Å². The minimum Gasteiger partial charge on any atom is -0.348 e. The molecule has 1 amide bonds. The van der Waals surface area contributed by atoms with Crippen LogP contribution in [0.5, 0.6) is 0 Å². The van der Waals surface area contributed by atoms with E-state index in [1.54, 1.807) is 12.1 Å². The number of rotatable bonds is 7. The zero-order valence-electron chi connectivity index (χ0n) is 16.6. The Morgan fingerprint density at radius 2 is 1.63 bits per heavy atom. The molecule has 2 atom stereocenters. The van der Waals surface area contributed by atoms with Crippen LogP contribution in [0.4, 0.5) is 5.69 Å². The van der Waals surface area contributed by atoms with E-state index in [0.29, 0.717) is 12.1 Å². The van der Waals surface area contributed by atoms with Crippen molar-refractivity contribution in [2.75, 3.05) is 10.6 Å². The summed E-state index contributed by atoms with van der Waals surface area (Å²) >= 11 is 0.